The molecular weight excluding hydrogens is 361 g/mol. The van der Waals surface area contributed by atoms with Crippen molar-refractivity contribution in [2.45, 2.75) is 25.3 Å². The molecule has 2 aromatic heterocycles. The van der Waals surface area contributed by atoms with Gasteiger partial charge in [-0.05, 0) is 31.4 Å². The van der Waals surface area contributed by atoms with Crippen LogP contribution in [0.1, 0.15) is 19.3 Å². The first-order valence-electron chi connectivity index (χ1n) is 9.35. The number of fused-ring (bicyclic) bond motifs is 1. The fraction of sp³-hybridized carbons (Fsp3) is 0.368. The molecule has 146 valence electrons. The van der Waals surface area contributed by atoms with Crippen molar-refractivity contribution in [3.05, 3.63) is 42.6 Å². The normalized spacial score (nSPS) is 16.9. The Bertz CT molecular complexity index is 989. The van der Waals surface area contributed by atoms with Crippen LogP contribution in [-0.4, -0.2) is 52.0 Å². The van der Waals surface area contributed by atoms with E-state index in [4.69, 9.17) is 0 Å². The first-order valence-corrected chi connectivity index (χ1v) is 9.35. The third-order valence-electron chi connectivity index (χ3n) is 5.05. The van der Waals surface area contributed by atoms with Crippen molar-refractivity contribution in [3.8, 4) is 5.69 Å². The Morgan fingerprint density at radius 1 is 1.29 bits per heavy atom. The van der Waals surface area contributed by atoms with Gasteiger partial charge < -0.3 is 15.5 Å². The fourth-order valence-corrected chi connectivity index (χ4v) is 3.65. The summed E-state index contributed by atoms with van der Waals surface area (Å²) in [5, 5.41) is 10.6. The van der Waals surface area contributed by atoms with Gasteiger partial charge in [-0.3, -0.25) is 0 Å². The number of carbonyl (C=O) groups excluding carboxylic acids is 1. The minimum Gasteiger partial charge on any atom is -0.351 e. The van der Waals surface area contributed by atoms with E-state index in [2.05, 4.69) is 30.6 Å². The van der Waals surface area contributed by atoms with Crippen LogP contribution in [0.4, 0.5) is 15.0 Å². The maximum atomic E-state index is 14.2. The maximum Gasteiger partial charge on any atom is 0.314 e. The summed E-state index contributed by atoms with van der Waals surface area (Å²) in [6, 6.07) is 6.39. The highest BCUT2D eigenvalue weighted by Gasteiger charge is 2.26. The van der Waals surface area contributed by atoms with E-state index < -0.39 is 0 Å². The molecule has 8 nitrogen and oxygen atoms in total. The van der Waals surface area contributed by atoms with Gasteiger partial charge in [0.1, 0.15) is 23.6 Å². The summed E-state index contributed by atoms with van der Waals surface area (Å²) in [6.07, 6.45) is 6.25. The average molecular weight is 383 g/mol. The number of carbonyl (C=O) groups is 1. The number of rotatable bonds is 4. The van der Waals surface area contributed by atoms with E-state index in [0.717, 1.165) is 37.0 Å². The Balaban J connectivity index is 1.70. The number of urea groups is 1. The average Bonchev–Trinajstić information content (AvgIpc) is 3.16. The monoisotopic (exact) mass is 383 g/mol. The summed E-state index contributed by atoms with van der Waals surface area (Å²) >= 11 is 0. The van der Waals surface area contributed by atoms with Gasteiger partial charge in [0.15, 0.2) is 5.65 Å². The molecule has 0 spiro atoms. The second kappa shape index (κ2) is 7.79. The lowest BCUT2D eigenvalue weighted by atomic mass is 10.0. The molecule has 3 heterocycles. The van der Waals surface area contributed by atoms with E-state index in [1.165, 1.54) is 17.1 Å². The lowest BCUT2D eigenvalue weighted by molar-refractivity contribution is 0.241. The first kappa shape index (κ1) is 18.1. The van der Waals surface area contributed by atoms with Crippen molar-refractivity contribution < 1.29 is 9.18 Å². The van der Waals surface area contributed by atoms with Gasteiger partial charge in [-0.1, -0.05) is 12.1 Å². The second-order valence-corrected chi connectivity index (χ2v) is 6.75. The number of nitrogens with one attached hydrogen (secondary N) is 2. The van der Waals surface area contributed by atoms with Gasteiger partial charge in [-0.15, -0.1) is 0 Å². The van der Waals surface area contributed by atoms with Gasteiger partial charge in [0.2, 0.25) is 0 Å². The predicted molar refractivity (Wildman–Crippen MR) is 104 cm³/mol. The van der Waals surface area contributed by atoms with Crippen molar-refractivity contribution in [2.24, 2.45) is 0 Å². The Morgan fingerprint density at radius 3 is 2.96 bits per heavy atom. The van der Waals surface area contributed by atoms with Crippen LogP contribution in [0.2, 0.25) is 0 Å². The zero-order chi connectivity index (χ0) is 19.5. The highest BCUT2D eigenvalue weighted by atomic mass is 19.1. The highest BCUT2D eigenvalue weighted by molar-refractivity contribution is 5.88. The zero-order valence-electron chi connectivity index (χ0n) is 15.6. The van der Waals surface area contributed by atoms with Crippen LogP contribution in [0.5, 0.6) is 0 Å². The Morgan fingerprint density at radius 2 is 2.14 bits per heavy atom. The van der Waals surface area contributed by atoms with E-state index in [0.29, 0.717) is 17.9 Å². The van der Waals surface area contributed by atoms with Crippen LogP contribution < -0.4 is 15.5 Å². The first-order chi connectivity index (χ1) is 13.7. The minimum absolute atomic E-state index is 0.126. The molecule has 2 N–H and O–H groups in total. The molecule has 0 saturated carbocycles. The number of hydrogen-bond acceptors (Lipinski definition) is 5. The topological polar surface area (TPSA) is 88.0 Å². The number of piperidine rings is 1. The molecule has 3 aromatic rings. The summed E-state index contributed by atoms with van der Waals surface area (Å²) in [6.45, 7) is 1.35. The summed E-state index contributed by atoms with van der Waals surface area (Å²) in [5.41, 5.74) is 0.900. The molecule has 0 bridgehead atoms. The number of amides is 2. The Kier molecular flexibility index (Phi) is 5.05. The molecule has 1 fully saturated rings. The minimum atomic E-state index is -0.363. The zero-order valence-corrected chi connectivity index (χ0v) is 15.6. The van der Waals surface area contributed by atoms with Gasteiger partial charge in [0.25, 0.3) is 0 Å². The number of anilines is 1. The van der Waals surface area contributed by atoms with Crippen molar-refractivity contribution in [3.63, 3.8) is 0 Å². The molecule has 1 saturated heterocycles. The summed E-state index contributed by atoms with van der Waals surface area (Å²) in [5.74, 6) is 0.397. The van der Waals surface area contributed by atoms with E-state index in [-0.39, 0.29) is 17.9 Å². The van der Waals surface area contributed by atoms with Gasteiger partial charge in [-0.25, -0.2) is 23.8 Å². The predicted octanol–water partition coefficient (Wildman–Crippen LogP) is 2.24. The molecule has 1 aliphatic rings. The fourth-order valence-electron chi connectivity index (χ4n) is 3.65. The Hall–Kier alpha value is -3.23. The van der Waals surface area contributed by atoms with Gasteiger partial charge in [0, 0.05) is 26.2 Å². The van der Waals surface area contributed by atoms with Crippen molar-refractivity contribution in [2.75, 3.05) is 25.0 Å². The van der Waals surface area contributed by atoms with Crippen LogP contribution in [-0.2, 0) is 0 Å². The molecule has 2 amide bonds. The van der Waals surface area contributed by atoms with Crippen molar-refractivity contribution in [1.29, 1.82) is 0 Å². The third-order valence-corrected chi connectivity index (χ3v) is 5.05. The summed E-state index contributed by atoms with van der Waals surface area (Å²) < 4.78 is 15.7. The quantitative estimate of drug-likeness (QED) is 0.721. The third kappa shape index (κ3) is 3.35. The number of halogens is 1. The molecule has 1 atom stereocenters. The van der Waals surface area contributed by atoms with Crippen LogP contribution >= 0.6 is 0 Å². The molecule has 0 radical (unpaired) electrons. The molecule has 1 aromatic carbocycles. The smallest absolute Gasteiger partial charge is 0.314 e. The van der Waals surface area contributed by atoms with E-state index in [1.807, 2.05) is 0 Å². The standard InChI is InChI=1S/C19H22FN7O/c1-21-19(28)22-10-13-6-4-5-9-26(13)17-14-11-25-27(18(14)24-12-23-17)16-8-3-2-7-15(16)20/h2-3,7-8,11-13H,4-6,9-10H2,1H3,(H2,21,22,28). The van der Waals surface area contributed by atoms with E-state index >= 15 is 0 Å². The number of benzene rings is 1. The lowest BCUT2D eigenvalue weighted by Gasteiger charge is -2.36. The number of nitrogens with zero attached hydrogens (tertiary/aromatic N) is 5. The number of aromatic nitrogens is 4. The van der Waals surface area contributed by atoms with E-state index in [9.17, 15) is 9.18 Å². The molecule has 1 aliphatic heterocycles. The summed E-state index contributed by atoms with van der Waals surface area (Å²) in [4.78, 5) is 22.6. The van der Waals surface area contributed by atoms with Gasteiger partial charge in [-0.2, -0.15) is 5.10 Å². The molecule has 0 aliphatic carbocycles. The van der Waals surface area contributed by atoms with Gasteiger partial charge >= 0.3 is 6.03 Å². The van der Waals surface area contributed by atoms with Gasteiger partial charge in [0.05, 0.1) is 11.6 Å². The summed E-state index contributed by atoms with van der Waals surface area (Å²) in [7, 11) is 1.60. The van der Waals surface area contributed by atoms with Crippen LogP contribution in [0.25, 0.3) is 16.7 Å². The molecule has 1 unspecified atom stereocenters. The van der Waals surface area contributed by atoms with Crippen LogP contribution in [0.3, 0.4) is 0 Å². The number of para-hydroxylation sites is 1. The van der Waals surface area contributed by atoms with E-state index in [1.54, 1.807) is 31.4 Å². The lowest BCUT2D eigenvalue weighted by Crippen LogP contribution is -2.48. The molecule has 4 rings (SSSR count). The maximum absolute atomic E-state index is 14.2. The SMILES string of the molecule is CNC(=O)NCC1CCCCN1c1ncnc2c1cnn2-c1ccccc1F. The van der Waals surface area contributed by atoms with Crippen molar-refractivity contribution >= 4 is 22.9 Å². The number of hydrogen-bond donors (Lipinski definition) is 2. The second-order valence-electron chi connectivity index (χ2n) is 6.75. The Labute approximate surface area is 161 Å². The van der Waals surface area contributed by atoms with Crippen molar-refractivity contribution in [1.82, 2.24) is 30.4 Å². The molecular formula is C19H22FN7O. The molecule has 9 heteroatoms. The van der Waals surface area contributed by atoms with Crippen LogP contribution in [0.15, 0.2) is 36.8 Å². The van der Waals surface area contributed by atoms with Crippen LogP contribution in [0, 0.1) is 5.82 Å². The molecule has 28 heavy (non-hydrogen) atoms. The largest absolute Gasteiger partial charge is 0.351 e. The highest BCUT2D eigenvalue weighted by Crippen LogP contribution is 2.29.